The third-order valence-electron chi connectivity index (χ3n) is 4.15. The lowest BCUT2D eigenvalue weighted by molar-refractivity contribution is -0.122. The van der Waals surface area contributed by atoms with E-state index in [4.69, 9.17) is 0 Å². The minimum absolute atomic E-state index is 0.0163. The van der Waals surface area contributed by atoms with Crippen molar-refractivity contribution in [3.05, 3.63) is 30.0 Å². The molecule has 3 rings (SSSR count). The number of para-hydroxylation sites is 1. The summed E-state index contributed by atoms with van der Waals surface area (Å²) in [6, 6.07) is 7.73. The molecule has 5 heteroatoms. The van der Waals surface area contributed by atoms with E-state index in [-0.39, 0.29) is 18.9 Å². The van der Waals surface area contributed by atoms with Gasteiger partial charge in [-0.05, 0) is 18.9 Å². The van der Waals surface area contributed by atoms with Gasteiger partial charge in [0.1, 0.15) is 0 Å². The number of aromatic amines is 1. The van der Waals surface area contributed by atoms with E-state index in [2.05, 4.69) is 15.5 Å². The number of nitrogens with one attached hydrogen (secondary N) is 2. The highest BCUT2D eigenvalue weighted by Gasteiger charge is 2.34. The molecule has 0 unspecified atom stereocenters. The number of hydrogen-bond donors (Lipinski definition) is 3. The van der Waals surface area contributed by atoms with Crippen molar-refractivity contribution in [2.75, 3.05) is 6.61 Å². The second-order valence-corrected chi connectivity index (χ2v) is 5.59. The normalized spacial score (nSPS) is 17.4. The summed E-state index contributed by atoms with van der Waals surface area (Å²) in [5, 5.41) is 20.6. The van der Waals surface area contributed by atoms with E-state index in [1.807, 2.05) is 24.3 Å². The van der Waals surface area contributed by atoms with Crippen molar-refractivity contribution < 1.29 is 9.90 Å². The second-order valence-electron chi connectivity index (χ2n) is 5.59. The van der Waals surface area contributed by atoms with Crippen molar-refractivity contribution in [2.24, 2.45) is 0 Å². The number of H-pyrrole nitrogens is 1. The fourth-order valence-corrected chi connectivity index (χ4v) is 3.02. The standard InChI is InChI=1S/C15H19N3O2/c19-10-15(7-3-4-8-15)16-14(20)9-13-11-5-1-2-6-12(11)17-18-13/h1-2,5-6,19H,3-4,7-10H2,(H,16,20)(H,17,18). The van der Waals surface area contributed by atoms with Gasteiger partial charge in [0.25, 0.3) is 0 Å². The smallest absolute Gasteiger partial charge is 0.226 e. The summed E-state index contributed by atoms with van der Waals surface area (Å²) in [6.45, 7) is 0.0163. The van der Waals surface area contributed by atoms with Gasteiger partial charge in [-0.1, -0.05) is 31.0 Å². The fourth-order valence-electron chi connectivity index (χ4n) is 3.02. The number of carbonyl (C=O) groups is 1. The molecule has 1 aromatic heterocycles. The zero-order valence-corrected chi connectivity index (χ0v) is 11.4. The van der Waals surface area contributed by atoms with Gasteiger partial charge in [-0.15, -0.1) is 0 Å². The zero-order valence-electron chi connectivity index (χ0n) is 11.4. The van der Waals surface area contributed by atoms with Gasteiger partial charge in [0.15, 0.2) is 0 Å². The van der Waals surface area contributed by atoms with Crippen molar-refractivity contribution in [2.45, 2.75) is 37.6 Å². The van der Waals surface area contributed by atoms with Crippen LogP contribution in [-0.4, -0.2) is 33.4 Å². The summed E-state index contributed by atoms with van der Waals surface area (Å²) in [5.41, 5.74) is 1.28. The summed E-state index contributed by atoms with van der Waals surface area (Å²) in [5.74, 6) is -0.0599. The maximum absolute atomic E-state index is 12.2. The average molecular weight is 273 g/mol. The molecular weight excluding hydrogens is 254 g/mol. The van der Waals surface area contributed by atoms with Crippen LogP contribution in [0.1, 0.15) is 31.4 Å². The molecule has 0 saturated heterocycles. The topological polar surface area (TPSA) is 78.0 Å². The van der Waals surface area contributed by atoms with Gasteiger partial charge < -0.3 is 10.4 Å². The molecule has 0 aliphatic heterocycles. The minimum Gasteiger partial charge on any atom is -0.394 e. The SMILES string of the molecule is O=C(Cc1[nH]nc2ccccc12)NC1(CO)CCCC1. The quantitative estimate of drug-likeness (QED) is 0.790. The molecule has 0 spiro atoms. The number of benzene rings is 1. The van der Waals surface area contributed by atoms with Crippen LogP contribution in [0.2, 0.25) is 0 Å². The Kier molecular flexibility index (Phi) is 3.44. The molecule has 1 fully saturated rings. The van der Waals surface area contributed by atoms with Crippen LogP contribution in [0.3, 0.4) is 0 Å². The molecule has 1 aromatic carbocycles. The Morgan fingerprint density at radius 1 is 1.35 bits per heavy atom. The van der Waals surface area contributed by atoms with Gasteiger partial charge in [0.2, 0.25) is 5.91 Å². The number of nitrogens with zero attached hydrogens (tertiary/aromatic N) is 1. The van der Waals surface area contributed by atoms with Gasteiger partial charge in [-0.2, -0.15) is 5.10 Å². The fraction of sp³-hybridized carbons (Fsp3) is 0.467. The number of amides is 1. The lowest BCUT2D eigenvalue weighted by Crippen LogP contribution is -2.49. The molecule has 5 nitrogen and oxygen atoms in total. The Bertz CT molecular complexity index is 614. The van der Waals surface area contributed by atoms with Gasteiger partial charge in [-0.3, -0.25) is 9.89 Å². The second kappa shape index (κ2) is 5.25. The van der Waals surface area contributed by atoms with Gasteiger partial charge >= 0.3 is 0 Å². The molecule has 1 amide bonds. The molecule has 1 saturated carbocycles. The number of aromatic nitrogens is 2. The van der Waals surface area contributed by atoms with E-state index in [9.17, 15) is 9.90 Å². The average Bonchev–Trinajstić information content (AvgIpc) is 3.07. The summed E-state index contributed by atoms with van der Waals surface area (Å²) < 4.78 is 0. The number of rotatable bonds is 4. The first-order chi connectivity index (χ1) is 9.72. The van der Waals surface area contributed by atoms with Crippen molar-refractivity contribution in [1.29, 1.82) is 0 Å². The van der Waals surface area contributed by atoms with Gasteiger partial charge in [0.05, 0.1) is 29.8 Å². The predicted molar refractivity (Wildman–Crippen MR) is 76.2 cm³/mol. The third-order valence-corrected chi connectivity index (χ3v) is 4.15. The van der Waals surface area contributed by atoms with E-state index in [0.29, 0.717) is 0 Å². The van der Waals surface area contributed by atoms with Crippen LogP contribution in [-0.2, 0) is 11.2 Å². The lowest BCUT2D eigenvalue weighted by Gasteiger charge is -2.27. The minimum atomic E-state index is -0.410. The van der Waals surface area contributed by atoms with Crippen LogP contribution in [0.15, 0.2) is 24.3 Å². The highest BCUT2D eigenvalue weighted by atomic mass is 16.3. The number of fused-ring (bicyclic) bond motifs is 1. The van der Waals surface area contributed by atoms with Crippen LogP contribution in [0, 0.1) is 0 Å². The zero-order chi connectivity index (χ0) is 14.0. The largest absolute Gasteiger partial charge is 0.394 e. The van der Waals surface area contributed by atoms with Crippen LogP contribution < -0.4 is 5.32 Å². The first-order valence-corrected chi connectivity index (χ1v) is 7.06. The summed E-state index contributed by atoms with van der Waals surface area (Å²) in [7, 11) is 0. The summed E-state index contributed by atoms with van der Waals surface area (Å²) in [6.07, 6.45) is 4.11. The Hall–Kier alpha value is -1.88. The molecule has 0 atom stereocenters. The van der Waals surface area contributed by atoms with E-state index >= 15 is 0 Å². The molecule has 3 N–H and O–H groups in total. The van der Waals surface area contributed by atoms with Crippen molar-refractivity contribution in [1.82, 2.24) is 15.5 Å². The van der Waals surface area contributed by atoms with E-state index in [1.165, 1.54) is 0 Å². The maximum Gasteiger partial charge on any atom is 0.226 e. The maximum atomic E-state index is 12.2. The third kappa shape index (κ3) is 2.41. The Morgan fingerprint density at radius 2 is 2.10 bits per heavy atom. The Balaban J connectivity index is 1.73. The van der Waals surface area contributed by atoms with E-state index in [0.717, 1.165) is 42.3 Å². The van der Waals surface area contributed by atoms with E-state index in [1.54, 1.807) is 0 Å². The molecule has 20 heavy (non-hydrogen) atoms. The highest BCUT2D eigenvalue weighted by molar-refractivity contribution is 5.87. The number of hydrogen-bond acceptors (Lipinski definition) is 3. The van der Waals surface area contributed by atoms with Crippen molar-refractivity contribution in [3.63, 3.8) is 0 Å². The summed E-state index contributed by atoms with van der Waals surface area (Å²) in [4.78, 5) is 12.2. The number of carbonyl (C=O) groups excluding carboxylic acids is 1. The molecular formula is C15H19N3O2. The van der Waals surface area contributed by atoms with Crippen LogP contribution in [0.4, 0.5) is 0 Å². The van der Waals surface area contributed by atoms with Crippen molar-refractivity contribution >= 4 is 16.8 Å². The number of aliphatic hydroxyl groups is 1. The first-order valence-electron chi connectivity index (χ1n) is 7.06. The van der Waals surface area contributed by atoms with Crippen molar-refractivity contribution in [3.8, 4) is 0 Å². The lowest BCUT2D eigenvalue weighted by atomic mass is 9.98. The summed E-state index contributed by atoms with van der Waals surface area (Å²) >= 11 is 0. The van der Waals surface area contributed by atoms with Gasteiger partial charge in [0, 0.05) is 5.39 Å². The molecule has 1 heterocycles. The van der Waals surface area contributed by atoms with Crippen LogP contribution in [0.25, 0.3) is 10.9 Å². The molecule has 2 aromatic rings. The Labute approximate surface area is 117 Å². The van der Waals surface area contributed by atoms with E-state index < -0.39 is 5.54 Å². The van der Waals surface area contributed by atoms with Crippen LogP contribution >= 0.6 is 0 Å². The number of aliphatic hydroxyl groups excluding tert-OH is 1. The predicted octanol–water partition coefficient (Wildman–Crippen LogP) is 1.53. The molecule has 0 radical (unpaired) electrons. The first kappa shape index (κ1) is 13.1. The van der Waals surface area contributed by atoms with Gasteiger partial charge in [-0.25, -0.2) is 0 Å². The highest BCUT2D eigenvalue weighted by Crippen LogP contribution is 2.29. The Morgan fingerprint density at radius 3 is 2.85 bits per heavy atom. The molecule has 1 aliphatic rings. The molecule has 0 bridgehead atoms. The molecule has 106 valence electrons. The molecule has 1 aliphatic carbocycles. The monoisotopic (exact) mass is 273 g/mol. The van der Waals surface area contributed by atoms with Crippen LogP contribution in [0.5, 0.6) is 0 Å².